The maximum absolute atomic E-state index is 13.5. The van der Waals surface area contributed by atoms with Gasteiger partial charge in [0.05, 0.1) is 5.70 Å². The van der Waals surface area contributed by atoms with Crippen LogP contribution in [-0.4, -0.2) is 48.2 Å². The van der Waals surface area contributed by atoms with Crippen molar-refractivity contribution in [1.82, 2.24) is 15.1 Å². The lowest BCUT2D eigenvalue weighted by Crippen LogP contribution is -2.32. The zero-order valence-corrected chi connectivity index (χ0v) is 20.1. The third kappa shape index (κ3) is 8.77. The Kier molecular flexibility index (Phi) is 10.5. The number of halogens is 4. The second kappa shape index (κ2) is 13.3. The number of likely N-dealkylation sites (N-methyl/N-ethyl adjacent to an activating group) is 1. The lowest BCUT2D eigenvalue weighted by atomic mass is 10.1. The van der Waals surface area contributed by atoms with Gasteiger partial charge in [-0.05, 0) is 54.7 Å². The normalized spacial score (nSPS) is 11.8. The molecule has 6 nitrogen and oxygen atoms in total. The van der Waals surface area contributed by atoms with Crippen LogP contribution in [0.4, 0.5) is 17.6 Å². The minimum Gasteiger partial charge on any atom is -0.406 e. The Morgan fingerprint density at radius 2 is 1.81 bits per heavy atom. The molecule has 0 radical (unpaired) electrons. The van der Waals surface area contributed by atoms with E-state index in [4.69, 9.17) is 0 Å². The van der Waals surface area contributed by atoms with Crippen LogP contribution >= 0.6 is 0 Å². The Morgan fingerprint density at radius 1 is 1.14 bits per heavy atom. The monoisotopic (exact) mass is 506 g/mol. The Morgan fingerprint density at radius 3 is 2.39 bits per heavy atom. The molecule has 0 saturated carbocycles. The van der Waals surface area contributed by atoms with Gasteiger partial charge < -0.3 is 25.0 Å². The minimum absolute atomic E-state index is 0.0145. The largest absolute Gasteiger partial charge is 0.573 e. The Hall–Kier alpha value is -3.79. The molecular weight excluding hydrogens is 476 g/mol. The van der Waals surface area contributed by atoms with Crippen LogP contribution in [0.3, 0.4) is 0 Å². The first-order valence-corrected chi connectivity index (χ1v) is 11.0. The fourth-order valence-electron chi connectivity index (χ4n) is 3.46. The summed E-state index contributed by atoms with van der Waals surface area (Å²) in [6, 6.07) is 11.5. The van der Waals surface area contributed by atoms with Crippen molar-refractivity contribution in [3.05, 3.63) is 102 Å². The molecular formula is C26H30F4N4O2. The van der Waals surface area contributed by atoms with Gasteiger partial charge in [-0.1, -0.05) is 37.4 Å². The molecule has 2 aromatic rings. The van der Waals surface area contributed by atoms with Crippen molar-refractivity contribution >= 4 is 6.72 Å². The number of aliphatic hydroxyl groups excluding tert-OH is 1. The van der Waals surface area contributed by atoms with Gasteiger partial charge >= 0.3 is 6.36 Å². The van der Waals surface area contributed by atoms with E-state index in [1.165, 1.54) is 36.5 Å². The lowest BCUT2D eigenvalue weighted by molar-refractivity contribution is -0.274. The van der Waals surface area contributed by atoms with E-state index in [-0.39, 0.29) is 25.4 Å². The highest BCUT2D eigenvalue weighted by molar-refractivity contribution is 5.38. The highest BCUT2D eigenvalue weighted by Gasteiger charge is 2.31. The van der Waals surface area contributed by atoms with Crippen molar-refractivity contribution in [2.45, 2.75) is 25.9 Å². The first-order chi connectivity index (χ1) is 17.1. The molecule has 0 spiro atoms. The topological polar surface area (TPSA) is 60.3 Å². The summed E-state index contributed by atoms with van der Waals surface area (Å²) in [4.78, 5) is 7.73. The Balaban J connectivity index is 2.56. The highest BCUT2D eigenvalue weighted by atomic mass is 19.4. The molecule has 0 aromatic heterocycles. The van der Waals surface area contributed by atoms with Gasteiger partial charge in [-0.2, -0.15) is 0 Å². The van der Waals surface area contributed by atoms with E-state index in [0.29, 0.717) is 35.7 Å². The van der Waals surface area contributed by atoms with Gasteiger partial charge in [-0.25, -0.2) is 9.38 Å². The van der Waals surface area contributed by atoms with Gasteiger partial charge in [0, 0.05) is 33.3 Å². The average molecular weight is 507 g/mol. The molecule has 2 rings (SSSR count). The molecule has 0 atom stereocenters. The molecule has 0 aliphatic heterocycles. The van der Waals surface area contributed by atoms with E-state index in [2.05, 4.69) is 34.9 Å². The number of nitrogens with one attached hydrogen (secondary N) is 1. The number of rotatable bonds is 14. The quantitative estimate of drug-likeness (QED) is 0.211. The number of hydrogen-bond acceptors (Lipinski definition) is 6. The van der Waals surface area contributed by atoms with Crippen molar-refractivity contribution in [1.29, 1.82) is 0 Å². The zero-order chi connectivity index (χ0) is 26.7. The molecule has 0 amide bonds. The lowest BCUT2D eigenvalue weighted by Gasteiger charge is -2.34. The van der Waals surface area contributed by atoms with E-state index in [1.54, 1.807) is 25.2 Å². The van der Waals surface area contributed by atoms with Crippen LogP contribution in [-0.2, 0) is 13.1 Å². The fourth-order valence-corrected chi connectivity index (χ4v) is 3.46. The van der Waals surface area contributed by atoms with Crippen molar-refractivity contribution in [3.8, 4) is 5.75 Å². The number of hydrogen-bond donors (Lipinski definition) is 2. The number of benzene rings is 2. The summed E-state index contributed by atoms with van der Waals surface area (Å²) >= 11 is 0. The van der Waals surface area contributed by atoms with Gasteiger partial charge in [0.2, 0.25) is 0 Å². The summed E-state index contributed by atoms with van der Waals surface area (Å²) in [6.07, 6.45) is -2.92. The standard InChI is InChI=1S/C26H30F4N4O2/c1-5-32-25(31-3)24(19(2)33(4)14-7-15-35)34(17-20-10-12-22(27)13-11-20)18-21-8-6-9-23(16-21)36-26(28,29)30/h5-6,8-13,16,32,35H,1-3,7,14-15,17-18H2,4H3/b25-24+. The summed E-state index contributed by atoms with van der Waals surface area (Å²) in [6.45, 7) is 12.3. The van der Waals surface area contributed by atoms with Crippen molar-refractivity contribution in [2.24, 2.45) is 4.99 Å². The minimum atomic E-state index is -4.82. The second-order valence-electron chi connectivity index (χ2n) is 7.83. The molecule has 194 valence electrons. The first kappa shape index (κ1) is 28.4. The van der Waals surface area contributed by atoms with Crippen molar-refractivity contribution in [2.75, 3.05) is 20.2 Å². The third-order valence-corrected chi connectivity index (χ3v) is 5.12. The SMILES string of the molecule is C=CN/C(N=C)=C(\C(=C)N(C)CCCO)N(Cc1ccc(F)cc1)Cc1cccc(OC(F)(F)F)c1. The van der Waals surface area contributed by atoms with Gasteiger partial charge in [-0.15, -0.1) is 13.2 Å². The van der Waals surface area contributed by atoms with Crippen LogP contribution in [0.5, 0.6) is 5.75 Å². The average Bonchev–Trinajstić information content (AvgIpc) is 2.82. The number of ether oxygens (including phenoxy) is 1. The number of aliphatic hydroxyl groups is 1. The molecule has 0 bridgehead atoms. The summed E-state index contributed by atoms with van der Waals surface area (Å²) in [5.41, 5.74) is 2.27. The Labute approximate surface area is 208 Å². The van der Waals surface area contributed by atoms with E-state index in [9.17, 15) is 22.7 Å². The predicted molar refractivity (Wildman–Crippen MR) is 132 cm³/mol. The van der Waals surface area contributed by atoms with E-state index in [0.717, 1.165) is 5.56 Å². The van der Waals surface area contributed by atoms with E-state index >= 15 is 0 Å². The van der Waals surface area contributed by atoms with Crippen LogP contribution in [0, 0.1) is 5.82 Å². The summed E-state index contributed by atoms with van der Waals surface area (Å²) in [7, 11) is 1.79. The van der Waals surface area contributed by atoms with Gasteiger partial charge in [0.25, 0.3) is 0 Å². The third-order valence-electron chi connectivity index (χ3n) is 5.12. The number of aliphatic imine (C=N–C) groups is 1. The van der Waals surface area contributed by atoms with Gasteiger partial charge in [-0.3, -0.25) is 0 Å². The van der Waals surface area contributed by atoms with Crippen LogP contribution in [0.2, 0.25) is 0 Å². The maximum atomic E-state index is 13.5. The number of nitrogens with zero attached hydrogens (tertiary/aromatic N) is 3. The van der Waals surface area contributed by atoms with Crippen LogP contribution in [0.25, 0.3) is 0 Å². The van der Waals surface area contributed by atoms with E-state index < -0.39 is 12.2 Å². The molecule has 2 N–H and O–H groups in total. The summed E-state index contributed by atoms with van der Waals surface area (Å²) in [5, 5.41) is 12.2. The molecule has 36 heavy (non-hydrogen) atoms. The molecule has 0 heterocycles. The number of alkyl halides is 3. The molecule has 0 fully saturated rings. The molecule has 10 heteroatoms. The summed E-state index contributed by atoms with van der Waals surface area (Å²) < 4.78 is 55.9. The van der Waals surface area contributed by atoms with Gasteiger partial charge in [0.1, 0.15) is 17.3 Å². The molecule has 0 aliphatic carbocycles. The zero-order valence-electron chi connectivity index (χ0n) is 20.1. The maximum Gasteiger partial charge on any atom is 0.573 e. The second-order valence-corrected chi connectivity index (χ2v) is 7.83. The molecule has 0 unspecified atom stereocenters. The molecule has 2 aromatic carbocycles. The van der Waals surface area contributed by atoms with Crippen LogP contribution in [0.15, 0.2) is 90.1 Å². The molecule has 0 saturated heterocycles. The predicted octanol–water partition coefficient (Wildman–Crippen LogP) is 5.16. The van der Waals surface area contributed by atoms with Crippen LogP contribution < -0.4 is 10.1 Å². The van der Waals surface area contributed by atoms with Gasteiger partial charge in [0.15, 0.2) is 5.82 Å². The first-order valence-electron chi connectivity index (χ1n) is 11.0. The van der Waals surface area contributed by atoms with Crippen LogP contribution in [0.1, 0.15) is 17.5 Å². The van der Waals surface area contributed by atoms with E-state index in [1.807, 2.05) is 9.80 Å². The van der Waals surface area contributed by atoms with Crippen molar-refractivity contribution < 1.29 is 27.4 Å². The highest BCUT2D eigenvalue weighted by Crippen LogP contribution is 2.28. The smallest absolute Gasteiger partial charge is 0.406 e. The Bertz CT molecular complexity index is 1070. The van der Waals surface area contributed by atoms with Crippen molar-refractivity contribution in [3.63, 3.8) is 0 Å². The summed E-state index contributed by atoms with van der Waals surface area (Å²) in [5.74, 6) is -0.430. The molecule has 0 aliphatic rings. The fraction of sp³-hybridized carbons (Fsp3) is 0.269.